The van der Waals surface area contributed by atoms with Gasteiger partial charge in [-0.15, -0.1) is 0 Å². The molecule has 5 rings (SSSR count). The highest BCUT2D eigenvalue weighted by molar-refractivity contribution is 5.85. The van der Waals surface area contributed by atoms with E-state index in [0.717, 1.165) is 11.1 Å². The highest BCUT2D eigenvalue weighted by Gasteiger charge is 2.42. The molecular weight excluding hydrogens is 505 g/mol. The molecule has 3 heterocycles. The minimum absolute atomic E-state index is 0.107. The fraction of sp³-hybridized carbons (Fsp3) is 0.448. The van der Waals surface area contributed by atoms with E-state index < -0.39 is 5.79 Å². The van der Waals surface area contributed by atoms with E-state index in [4.69, 9.17) is 18.9 Å². The Kier molecular flexibility index (Phi) is 8.33. The summed E-state index contributed by atoms with van der Waals surface area (Å²) in [7, 11) is 0. The summed E-state index contributed by atoms with van der Waals surface area (Å²) in [5, 5.41) is 3.46. The molecule has 2 aliphatic rings. The second-order valence-corrected chi connectivity index (χ2v) is 9.78. The van der Waals surface area contributed by atoms with Crippen molar-refractivity contribution < 1.29 is 32.9 Å². The smallest absolute Gasteiger partial charge is 0.410 e. The van der Waals surface area contributed by atoms with Crippen LogP contribution in [-0.2, 0) is 30.3 Å². The Balaban J connectivity index is 1.13. The summed E-state index contributed by atoms with van der Waals surface area (Å²) in [5.41, 5.74) is 2.03. The molecule has 2 saturated heterocycles. The second-order valence-electron chi connectivity index (χ2n) is 9.78. The van der Waals surface area contributed by atoms with Gasteiger partial charge in [-0.2, -0.15) is 0 Å². The second kappa shape index (κ2) is 12.0. The summed E-state index contributed by atoms with van der Waals surface area (Å²) in [5.74, 6) is -1.41. The third-order valence-corrected chi connectivity index (χ3v) is 7.25. The van der Waals surface area contributed by atoms with Crippen molar-refractivity contribution in [2.45, 2.75) is 44.6 Å². The number of aromatic nitrogens is 1. The Morgan fingerprint density at radius 1 is 1.05 bits per heavy atom. The summed E-state index contributed by atoms with van der Waals surface area (Å²) in [6.45, 7) is 4.42. The minimum atomic E-state index is -0.725. The molecule has 0 atom stereocenters. The van der Waals surface area contributed by atoms with Gasteiger partial charge in [0.15, 0.2) is 11.6 Å². The van der Waals surface area contributed by atoms with Crippen molar-refractivity contribution >= 4 is 28.7 Å². The van der Waals surface area contributed by atoms with E-state index in [1.807, 2.05) is 47.2 Å². The van der Waals surface area contributed by atoms with Gasteiger partial charge in [-0.1, -0.05) is 30.3 Å². The van der Waals surface area contributed by atoms with Crippen LogP contribution in [-0.4, -0.2) is 66.8 Å². The number of nitrogens with one attached hydrogen (secondary N) is 1. The van der Waals surface area contributed by atoms with Crippen LogP contribution in [0.25, 0.3) is 10.9 Å². The lowest BCUT2D eigenvalue weighted by atomic mass is 10.0. The summed E-state index contributed by atoms with van der Waals surface area (Å²) < 4.78 is 40.0. The van der Waals surface area contributed by atoms with E-state index in [2.05, 4.69) is 5.32 Å². The van der Waals surface area contributed by atoms with E-state index in [0.29, 0.717) is 56.8 Å². The van der Waals surface area contributed by atoms with E-state index in [1.165, 1.54) is 0 Å². The van der Waals surface area contributed by atoms with Gasteiger partial charge >= 0.3 is 12.1 Å². The number of halogens is 1. The molecule has 39 heavy (non-hydrogen) atoms. The maximum atomic E-state index is 15.2. The van der Waals surface area contributed by atoms with Gasteiger partial charge in [0, 0.05) is 44.1 Å². The highest BCUT2D eigenvalue weighted by atomic mass is 19.1. The van der Waals surface area contributed by atoms with Gasteiger partial charge in [0.1, 0.15) is 6.61 Å². The highest BCUT2D eigenvalue weighted by Crippen LogP contribution is 2.36. The molecule has 0 aliphatic carbocycles. The number of carbonyl (C=O) groups excluding carboxylic acids is 2. The SMILES string of the molecule is CCOC(=O)CCNc1ccc2c(ccn2C2COC3(CCN(C(=O)OCc4ccccc4)CC3)OC2)c1F. The number of fused-ring (bicyclic) bond motifs is 1. The van der Waals surface area contributed by atoms with Gasteiger partial charge in [0.25, 0.3) is 0 Å². The van der Waals surface area contributed by atoms with Crippen molar-refractivity contribution in [3.8, 4) is 0 Å². The van der Waals surface area contributed by atoms with Crippen LogP contribution in [0, 0.1) is 5.82 Å². The molecular formula is C29H34FN3O6. The summed E-state index contributed by atoms with van der Waals surface area (Å²) in [4.78, 5) is 25.7. The fourth-order valence-corrected chi connectivity index (χ4v) is 5.06. The van der Waals surface area contributed by atoms with Crippen LogP contribution in [0.4, 0.5) is 14.9 Å². The van der Waals surface area contributed by atoms with Gasteiger partial charge in [-0.3, -0.25) is 4.79 Å². The molecule has 10 heteroatoms. The predicted octanol–water partition coefficient (Wildman–Crippen LogP) is 4.86. The molecule has 1 N–H and O–H groups in total. The van der Waals surface area contributed by atoms with Crippen molar-refractivity contribution in [2.75, 3.05) is 44.8 Å². The largest absolute Gasteiger partial charge is 0.466 e. The van der Waals surface area contributed by atoms with E-state index >= 15 is 4.39 Å². The standard InChI is InChI=1S/C29H34FN3O6/c1-2-36-26(34)10-14-31-24-8-9-25-23(27(24)30)11-15-33(25)22-19-38-29(39-20-22)12-16-32(17-13-29)28(35)37-18-21-6-4-3-5-7-21/h3-9,11,15,22,31H,2,10,12-14,16-20H2,1H3. The maximum Gasteiger partial charge on any atom is 0.410 e. The van der Waals surface area contributed by atoms with Gasteiger partial charge in [0.05, 0.1) is 43.5 Å². The molecule has 0 radical (unpaired) electrons. The number of amides is 1. The lowest BCUT2D eigenvalue weighted by Gasteiger charge is -2.45. The predicted molar refractivity (Wildman–Crippen MR) is 143 cm³/mol. The molecule has 9 nitrogen and oxygen atoms in total. The third kappa shape index (κ3) is 6.17. The molecule has 208 valence electrons. The molecule has 2 aliphatic heterocycles. The van der Waals surface area contributed by atoms with Gasteiger partial charge < -0.3 is 33.7 Å². The quantitative estimate of drug-likeness (QED) is 0.409. The van der Waals surface area contributed by atoms with Crippen molar-refractivity contribution in [1.82, 2.24) is 9.47 Å². The van der Waals surface area contributed by atoms with Crippen LogP contribution in [0.5, 0.6) is 0 Å². The average Bonchev–Trinajstić information content (AvgIpc) is 3.39. The molecule has 1 aromatic heterocycles. The van der Waals surface area contributed by atoms with Crippen LogP contribution >= 0.6 is 0 Å². The zero-order valence-electron chi connectivity index (χ0n) is 22.1. The lowest BCUT2D eigenvalue weighted by molar-refractivity contribution is -0.293. The summed E-state index contributed by atoms with van der Waals surface area (Å²) in [6.07, 6.45) is 2.79. The third-order valence-electron chi connectivity index (χ3n) is 7.25. The van der Waals surface area contributed by atoms with Crippen LogP contribution in [0.15, 0.2) is 54.7 Å². The number of rotatable bonds is 8. The summed E-state index contributed by atoms with van der Waals surface area (Å²) in [6, 6.07) is 14.8. The van der Waals surface area contributed by atoms with Crippen molar-refractivity contribution in [2.24, 2.45) is 0 Å². The monoisotopic (exact) mass is 539 g/mol. The first kappa shape index (κ1) is 27.0. The molecule has 0 saturated carbocycles. The Labute approximate surface area is 226 Å². The Morgan fingerprint density at radius 2 is 1.79 bits per heavy atom. The first-order valence-electron chi connectivity index (χ1n) is 13.4. The number of esters is 1. The fourth-order valence-electron chi connectivity index (χ4n) is 5.06. The molecule has 1 spiro atoms. The maximum absolute atomic E-state index is 15.2. The van der Waals surface area contributed by atoms with Gasteiger partial charge in [0.2, 0.25) is 0 Å². The Bertz CT molecular complexity index is 1280. The van der Waals surface area contributed by atoms with E-state index in [9.17, 15) is 9.59 Å². The van der Waals surface area contributed by atoms with Crippen LogP contribution in [0.2, 0.25) is 0 Å². The van der Waals surface area contributed by atoms with Crippen LogP contribution < -0.4 is 5.32 Å². The topological polar surface area (TPSA) is 91.3 Å². The average molecular weight is 540 g/mol. The minimum Gasteiger partial charge on any atom is -0.466 e. The van der Waals surface area contributed by atoms with Crippen molar-refractivity contribution in [3.05, 3.63) is 66.1 Å². The normalized spacial score (nSPS) is 17.3. The molecule has 3 aromatic rings. The van der Waals surface area contributed by atoms with Gasteiger partial charge in [-0.25, -0.2) is 9.18 Å². The number of benzene rings is 2. The number of hydrogen-bond acceptors (Lipinski definition) is 7. The first-order valence-corrected chi connectivity index (χ1v) is 13.4. The molecule has 1 amide bonds. The number of piperidine rings is 1. The van der Waals surface area contributed by atoms with E-state index in [-0.39, 0.29) is 43.5 Å². The molecule has 2 fully saturated rings. The van der Waals surface area contributed by atoms with Crippen molar-refractivity contribution in [1.29, 1.82) is 0 Å². The Hall–Kier alpha value is -3.63. The number of likely N-dealkylation sites (tertiary alicyclic amines) is 1. The van der Waals surface area contributed by atoms with Crippen LogP contribution in [0.3, 0.4) is 0 Å². The number of nitrogens with zero attached hydrogens (tertiary/aromatic N) is 2. The van der Waals surface area contributed by atoms with Crippen LogP contribution in [0.1, 0.15) is 37.8 Å². The zero-order valence-corrected chi connectivity index (χ0v) is 22.1. The first-order chi connectivity index (χ1) is 19.0. The molecule has 2 aromatic carbocycles. The lowest BCUT2D eigenvalue weighted by Crippen LogP contribution is -2.53. The number of anilines is 1. The van der Waals surface area contributed by atoms with E-state index in [1.54, 1.807) is 24.0 Å². The van der Waals surface area contributed by atoms with Gasteiger partial charge in [-0.05, 0) is 30.7 Å². The number of ether oxygens (including phenoxy) is 4. The summed E-state index contributed by atoms with van der Waals surface area (Å²) >= 11 is 0. The molecule has 0 unspecified atom stereocenters. The van der Waals surface area contributed by atoms with Crippen molar-refractivity contribution in [3.63, 3.8) is 0 Å². The zero-order chi connectivity index (χ0) is 27.2. The molecule has 0 bridgehead atoms. The number of carbonyl (C=O) groups is 2. The number of hydrogen-bond donors (Lipinski definition) is 1. The Morgan fingerprint density at radius 3 is 2.51 bits per heavy atom.